The topological polar surface area (TPSA) is 32.8 Å². The van der Waals surface area contributed by atoms with E-state index >= 15 is 0 Å². The van der Waals surface area contributed by atoms with Crippen LogP contribution in [-0.2, 0) is 10.3 Å². The second kappa shape index (κ2) is 6.14. The van der Waals surface area contributed by atoms with Gasteiger partial charge in [0.05, 0.1) is 0 Å². The molecule has 0 amide bonds. The average molecular weight is 330 g/mol. The molecule has 1 heterocycles. The van der Waals surface area contributed by atoms with Gasteiger partial charge in [-0.25, -0.2) is 0 Å². The summed E-state index contributed by atoms with van der Waals surface area (Å²) < 4.78 is 6.48. The number of benzene rings is 3. The molecule has 1 N–H and O–H groups in total. The van der Waals surface area contributed by atoms with Crippen molar-refractivity contribution in [1.29, 1.82) is 0 Å². The monoisotopic (exact) mass is 330 g/mol. The van der Waals surface area contributed by atoms with Crippen LogP contribution in [0.1, 0.15) is 36.1 Å². The molecule has 0 spiro atoms. The van der Waals surface area contributed by atoms with Gasteiger partial charge in [-0.05, 0) is 23.1 Å². The number of rotatable bonds is 5. The highest BCUT2D eigenvalue weighted by Gasteiger charge is 2.74. The average Bonchev–Trinajstić information content (AvgIpc) is 3.41. The molecule has 1 aliphatic heterocycles. The Morgan fingerprint density at radius 2 is 1.20 bits per heavy atom. The van der Waals surface area contributed by atoms with Crippen LogP contribution in [0, 0.1) is 0 Å². The van der Waals surface area contributed by atoms with Crippen molar-refractivity contribution in [2.24, 2.45) is 0 Å². The van der Waals surface area contributed by atoms with Crippen molar-refractivity contribution in [3.05, 3.63) is 108 Å². The van der Waals surface area contributed by atoms with Gasteiger partial charge in [-0.1, -0.05) is 97.9 Å². The Hall–Kier alpha value is -2.42. The number of hydrogen-bond acceptors (Lipinski definition) is 2. The molecule has 1 saturated heterocycles. The Morgan fingerprint density at radius 1 is 0.760 bits per heavy atom. The zero-order valence-corrected chi connectivity index (χ0v) is 14.3. The molecule has 2 atom stereocenters. The van der Waals surface area contributed by atoms with E-state index in [4.69, 9.17) is 4.74 Å². The third-order valence-electron chi connectivity index (χ3n) is 5.33. The zero-order valence-electron chi connectivity index (χ0n) is 14.3. The van der Waals surface area contributed by atoms with Crippen LogP contribution in [0.2, 0.25) is 0 Å². The lowest BCUT2D eigenvalue weighted by molar-refractivity contribution is 0.0719. The van der Waals surface area contributed by atoms with Crippen LogP contribution in [0.5, 0.6) is 0 Å². The lowest BCUT2D eigenvalue weighted by atomic mass is 9.75. The third kappa shape index (κ3) is 2.33. The first kappa shape index (κ1) is 16.1. The van der Waals surface area contributed by atoms with Crippen LogP contribution in [0.25, 0.3) is 0 Å². The molecular weight excluding hydrogens is 308 g/mol. The van der Waals surface area contributed by atoms with Crippen molar-refractivity contribution >= 4 is 0 Å². The maximum absolute atomic E-state index is 11.2. The normalized spacial score (nSPS) is 22.3. The first-order valence-corrected chi connectivity index (χ1v) is 8.79. The quantitative estimate of drug-likeness (QED) is 0.679. The maximum Gasteiger partial charge on any atom is 0.151 e. The van der Waals surface area contributed by atoms with E-state index in [1.807, 2.05) is 66.7 Å². The molecule has 2 unspecified atom stereocenters. The molecule has 0 radical (unpaired) electrons. The summed E-state index contributed by atoms with van der Waals surface area (Å²) in [6.07, 6.45) is 0.0199. The van der Waals surface area contributed by atoms with Gasteiger partial charge < -0.3 is 9.84 Å². The standard InChI is InChI=1S/C23H22O2/c1-2-22(21(24)18-12-6-3-7-13-18)23(25-22,19-14-8-4-9-15-19)20-16-10-5-11-17-20/h3-17,21,24H,2H2,1H3. The third-order valence-corrected chi connectivity index (χ3v) is 5.33. The molecule has 0 aliphatic carbocycles. The molecule has 2 nitrogen and oxygen atoms in total. The van der Waals surface area contributed by atoms with Crippen LogP contribution in [-0.4, -0.2) is 10.7 Å². The fraction of sp³-hybridized carbons (Fsp3) is 0.217. The molecular formula is C23H22O2. The van der Waals surface area contributed by atoms with E-state index in [0.717, 1.165) is 16.7 Å². The second-order valence-electron chi connectivity index (χ2n) is 6.57. The van der Waals surface area contributed by atoms with E-state index in [9.17, 15) is 5.11 Å². The predicted octanol–water partition coefficient (Wildman–Crippen LogP) is 4.84. The van der Waals surface area contributed by atoms with Gasteiger partial charge in [-0.15, -0.1) is 0 Å². The van der Waals surface area contributed by atoms with Crippen LogP contribution in [0.15, 0.2) is 91.0 Å². The van der Waals surface area contributed by atoms with Crippen LogP contribution in [0.4, 0.5) is 0 Å². The summed E-state index contributed by atoms with van der Waals surface area (Å²) in [7, 11) is 0. The van der Waals surface area contributed by atoms with Crippen LogP contribution >= 0.6 is 0 Å². The van der Waals surface area contributed by atoms with Gasteiger partial charge in [0.2, 0.25) is 0 Å². The smallest absolute Gasteiger partial charge is 0.151 e. The Bertz CT molecular complexity index is 790. The lowest BCUT2D eigenvalue weighted by Gasteiger charge is -2.25. The summed E-state index contributed by atoms with van der Waals surface area (Å²) >= 11 is 0. The minimum absolute atomic E-state index is 0.625. The molecule has 126 valence electrons. The second-order valence-corrected chi connectivity index (χ2v) is 6.57. The largest absolute Gasteiger partial charge is 0.385 e. The van der Waals surface area contributed by atoms with Crippen LogP contribution in [0.3, 0.4) is 0 Å². The number of ether oxygens (including phenoxy) is 1. The summed E-state index contributed by atoms with van der Waals surface area (Å²) in [5, 5.41) is 11.2. The molecule has 0 bridgehead atoms. The summed E-state index contributed by atoms with van der Waals surface area (Å²) in [5.41, 5.74) is 1.76. The molecule has 0 aromatic heterocycles. The minimum atomic E-state index is -0.695. The summed E-state index contributed by atoms with van der Waals surface area (Å²) in [4.78, 5) is 0. The predicted molar refractivity (Wildman–Crippen MR) is 99.2 cm³/mol. The van der Waals surface area contributed by atoms with Crippen molar-refractivity contribution in [1.82, 2.24) is 0 Å². The lowest BCUT2D eigenvalue weighted by Crippen LogP contribution is -2.31. The molecule has 4 rings (SSSR count). The maximum atomic E-state index is 11.2. The highest BCUT2D eigenvalue weighted by molar-refractivity contribution is 5.48. The highest BCUT2D eigenvalue weighted by atomic mass is 16.6. The van der Waals surface area contributed by atoms with E-state index in [0.29, 0.717) is 6.42 Å². The Balaban J connectivity index is 1.87. The fourth-order valence-electron chi connectivity index (χ4n) is 4.03. The number of epoxide rings is 1. The van der Waals surface area contributed by atoms with Gasteiger partial charge in [0, 0.05) is 0 Å². The minimum Gasteiger partial charge on any atom is -0.385 e. The SMILES string of the molecule is CCC1(C(O)c2ccccc2)OC1(c1ccccc1)c1ccccc1. The fourth-order valence-corrected chi connectivity index (χ4v) is 4.03. The molecule has 25 heavy (non-hydrogen) atoms. The summed E-state index contributed by atoms with van der Waals surface area (Å²) in [6.45, 7) is 2.08. The first-order chi connectivity index (χ1) is 12.2. The van der Waals surface area contributed by atoms with Gasteiger partial charge in [-0.2, -0.15) is 0 Å². The van der Waals surface area contributed by atoms with Gasteiger partial charge in [0.25, 0.3) is 0 Å². The summed E-state index contributed by atoms with van der Waals surface area (Å²) in [6, 6.07) is 30.3. The molecule has 3 aromatic carbocycles. The molecule has 1 aliphatic rings. The first-order valence-electron chi connectivity index (χ1n) is 8.79. The molecule has 0 saturated carbocycles. The van der Waals surface area contributed by atoms with Crippen molar-refractivity contribution in [2.75, 3.05) is 0 Å². The van der Waals surface area contributed by atoms with E-state index in [1.165, 1.54) is 0 Å². The highest BCUT2D eigenvalue weighted by Crippen LogP contribution is 2.66. The molecule has 2 heteroatoms. The van der Waals surface area contributed by atoms with Gasteiger partial charge >= 0.3 is 0 Å². The van der Waals surface area contributed by atoms with E-state index in [1.54, 1.807) is 0 Å². The van der Waals surface area contributed by atoms with E-state index in [2.05, 4.69) is 31.2 Å². The van der Waals surface area contributed by atoms with Gasteiger partial charge in [0.15, 0.2) is 5.60 Å². The number of aliphatic hydroxyl groups excluding tert-OH is 1. The summed E-state index contributed by atoms with van der Waals surface area (Å²) in [5.74, 6) is 0. The van der Waals surface area contributed by atoms with Gasteiger partial charge in [-0.3, -0.25) is 0 Å². The number of aliphatic hydroxyl groups is 1. The molecule has 3 aromatic rings. The molecule has 1 fully saturated rings. The Labute approximate surface area is 148 Å². The van der Waals surface area contributed by atoms with Crippen molar-refractivity contribution < 1.29 is 9.84 Å². The number of hydrogen-bond donors (Lipinski definition) is 1. The zero-order chi connectivity index (χ0) is 17.3. The van der Waals surface area contributed by atoms with Gasteiger partial charge in [0.1, 0.15) is 11.7 Å². The van der Waals surface area contributed by atoms with Crippen molar-refractivity contribution in [3.63, 3.8) is 0 Å². The van der Waals surface area contributed by atoms with Crippen molar-refractivity contribution in [3.8, 4) is 0 Å². The Kier molecular flexibility index (Phi) is 3.95. The Morgan fingerprint density at radius 3 is 1.64 bits per heavy atom. The van der Waals surface area contributed by atoms with Crippen molar-refractivity contribution in [2.45, 2.75) is 30.7 Å². The van der Waals surface area contributed by atoms with Crippen LogP contribution < -0.4 is 0 Å². The van der Waals surface area contributed by atoms with E-state index < -0.39 is 17.3 Å². The van der Waals surface area contributed by atoms with E-state index in [-0.39, 0.29) is 0 Å².